The maximum atomic E-state index is 9.12. The second-order valence-electron chi connectivity index (χ2n) is 8.30. The normalized spacial score (nSPS) is 12.3. The van der Waals surface area contributed by atoms with Gasteiger partial charge in [0.1, 0.15) is 0 Å². The van der Waals surface area contributed by atoms with Crippen molar-refractivity contribution in [3.8, 4) is 0 Å². The minimum absolute atomic E-state index is 0.677. The van der Waals surface area contributed by atoms with E-state index in [9.17, 15) is 0 Å². The molecule has 0 saturated heterocycles. The van der Waals surface area contributed by atoms with Crippen LogP contribution in [0.2, 0.25) is 0 Å². The highest BCUT2D eigenvalue weighted by Gasteiger charge is 2.11. The molecule has 0 spiro atoms. The van der Waals surface area contributed by atoms with Gasteiger partial charge in [-0.3, -0.25) is 5.32 Å². The van der Waals surface area contributed by atoms with Crippen LogP contribution in [0.4, 0.5) is 0 Å². The molecular weight excluding hydrogens is 334 g/mol. The molecule has 0 bridgehead atoms. The van der Waals surface area contributed by atoms with Gasteiger partial charge in [-0.1, -0.05) is 103 Å². The lowest BCUT2D eigenvalue weighted by atomic mass is 10.1. The maximum absolute atomic E-state index is 9.12. The van der Waals surface area contributed by atoms with Crippen molar-refractivity contribution in [1.82, 2.24) is 5.32 Å². The third-order valence-corrected chi connectivity index (χ3v) is 5.15. The molecule has 0 heterocycles. The molecule has 0 aliphatic heterocycles. The molecule has 0 fully saturated rings. The van der Waals surface area contributed by atoms with Gasteiger partial charge in [0.15, 0.2) is 0 Å². The summed E-state index contributed by atoms with van der Waals surface area (Å²) in [6, 6.07) is 0. The van der Waals surface area contributed by atoms with E-state index >= 15 is 0 Å². The first kappa shape index (κ1) is 26.6. The molecule has 0 unspecified atom stereocenters. The van der Waals surface area contributed by atoms with Crippen molar-refractivity contribution in [2.45, 2.75) is 135 Å². The molecule has 0 aromatic heterocycles. The van der Waals surface area contributed by atoms with E-state index in [1.165, 1.54) is 116 Å². The van der Waals surface area contributed by atoms with E-state index in [1.54, 1.807) is 0 Å². The molecule has 0 amide bonds. The number of nitrogens with one attached hydrogen (secondary N) is 1. The Hall–Kier alpha value is -0.380. The molecule has 162 valence electrons. The Morgan fingerprint density at radius 2 is 0.963 bits per heavy atom. The SMILES string of the molecule is CCCCCCCC/C=C\CCCCCCCCCCCCNC(C)(O)O. The summed E-state index contributed by atoms with van der Waals surface area (Å²) in [6.45, 7) is 4.31. The summed E-state index contributed by atoms with van der Waals surface area (Å²) < 4.78 is 0. The Morgan fingerprint density at radius 3 is 1.37 bits per heavy atom. The standard InChI is InChI=1S/C24H49NO2/c1-3-4-5-6-7-8-9-10-11-12-13-14-15-16-17-18-19-20-21-22-23-25-24(2,26)27/h10-11,25-27H,3-9,12-23H2,1-2H3/b11-10-. The molecule has 3 heteroatoms. The molecule has 27 heavy (non-hydrogen) atoms. The number of hydrogen-bond donors (Lipinski definition) is 3. The van der Waals surface area contributed by atoms with E-state index in [2.05, 4.69) is 24.4 Å². The summed E-state index contributed by atoms with van der Waals surface area (Å²) in [5.41, 5.74) is 0. The average Bonchev–Trinajstić information content (AvgIpc) is 2.62. The predicted octanol–water partition coefficient (Wildman–Crippen LogP) is 6.83. The van der Waals surface area contributed by atoms with E-state index in [4.69, 9.17) is 10.2 Å². The van der Waals surface area contributed by atoms with Crippen LogP contribution in [-0.4, -0.2) is 22.7 Å². The fraction of sp³-hybridized carbons (Fsp3) is 0.917. The minimum atomic E-state index is -1.72. The van der Waals surface area contributed by atoms with Gasteiger partial charge < -0.3 is 10.2 Å². The number of unbranched alkanes of at least 4 members (excludes halogenated alkanes) is 16. The van der Waals surface area contributed by atoms with Gasteiger partial charge in [-0.15, -0.1) is 0 Å². The second-order valence-corrected chi connectivity index (χ2v) is 8.30. The van der Waals surface area contributed by atoms with Crippen molar-refractivity contribution < 1.29 is 10.2 Å². The van der Waals surface area contributed by atoms with Crippen molar-refractivity contribution in [2.75, 3.05) is 6.54 Å². The molecule has 0 radical (unpaired) electrons. The Balaban J connectivity index is 3.09. The van der Waals surface area contributed by atoms with E-state index in [0.717, 1.165) is 6.42 Å². The Labute approximate surface area is 170 Å². The first-order valence-corrected chi connectivity index (χ1v) is 11.9. The summed E-state index contributed by atoms with van der Waals surface area (Å²) in [5, 5.41) is 20.9. The summed E-state index contributed by atoms with van der Waals surface area (Å²) in [6.07, 6.45) is 28.7. The lowest BCUT2D eigenvalue weighted by Gasteiger charge is -2.17. The van der Waals surface area contributed by atoms with Crippen LogP contribution in [0.25, 0.3) is 0 Å². The lowest BCUT2D eigenvalue weighted by Crippen LogP contribution is -2.42. The van der Waals surface area contributed by atoms with E-state index in [-0.39, 0.29) is 0 Å². The van der Waals surface area contributed by atoms with Gasteiger partial charge >= 0.3 is 0 Å². The highest BCUT2D eigenvalue weighted by Crippen LogP contribution is 2.12. The van der Waals surface area contributed by atoms with Crippen molar-refractivity contribution in [3.63, 3.8) is 0 Å². The summed E-state index contributed by atoms with van der Waals surface area (Å²) in [4.78, 5) is 0. The molecule has 0 aromatic carbocycles. The van der Waals surface area contributed by atoms with Gasteiger partial charge in [-0.05, 0) is 32.1 Å². The largest absolute Gasteiger partial charge is 0.354 e. The van der Waals surface area contributed by atoms with Crippen LogP contribution in [0.1, 0.15) is 129 Å². The zero-order valence-electron chi connectivity index (χ0n) is 18.5. The number of rotatable bonds is 21. The van der Waals surface area contributed by atoms with Crippen LogP contribution in [0, 0.1) is 0 Å². The molecule has 0 aliphatic rings. The monoisotopic (exact) mass is 383 g/mol. The van der Waals surface area contributed by atoms with Crippen LogP contribution in [-0.2, 0) is 0 Å². The molecule has 0 atom stereocenters. The van der Waals surface area contributed by atoms with E-state index in [1.807, 2.05) is 0 Å². The smallest absolute Gasteiger partial charge is 0.219 e. The van der Waals surface area contributed by atoms with Gasteiger partial charge in [-0.25, -0.2) is 0 Å². The van der Waals surface area contributed by atoms with Crippen LogP contribution in [0.15, 0.2) is 12.2 Å². The van der Waals surface area contributed by atoms with Gasteiger partial charge in [0, 0.05) is 13.5 Å². The van der Waals surface area contributed by atoms with Crippen molar-refractivity contribution in [3.05, 3.63) is 12.2 Å². The van der Waals surface area contributed by atoms with E-state index < -0.39 is 5.91 Å². The number of allylic oxidation sites excluding steroid dienone is 2. The van der Waals surface area contributed by atoms with Gasteiger partial charge in [-0.2, -0.15) is 0 Å². The molecule has 0 aliphatic carbocycles. The zero-order valence-corrected chi connectivity index (χ0v) is 18.5. The first-order valence-electron chi connectivity index (χ1n) is 11.9. The first-order chi connectivity index (χ1) is 13.1. The fourth-order valence-electron chi connectivity index (χ4n) is 3.40. The van der Waals surface area contributed by atoms with Crippen molar-refractivity contribution >= 4 is 0 Å². The maximum Gasteiger partial charge on any atom is 0.219 e. The summed E-state index contributed by atoms with van der Waals surface area (Å²) in [7, 11) is 0. The highest BCUT2D eigenvalue weighted by atomic mass is 16.5. The topological polar surface area (TPSA) is 52.5 Å². The summed E-state index contributed by atoms with van der Waals surface area (Å²) >= 11 is 0. The Bertz CT molecular complexity index is 310. The van der Waals surface area contributed by atoms with Crippen LogP contribution in [0.5, 0.6) is 0 Å². The molecule has 0 saturated carbocycles. The highest BCUT2D eigenvalue weighted by molar-refractivity contribution is 4.81. The zero-order chi connectivity index (χ0) is 20.1. The number of hydrogen-bond acceptors (Lipinski definition) is 3. The van der Waals surface area contributed by atoms with Gasteiger partial charge in [0.25, 0.3) is 0 Å². The third-order valence-electron chi connectivity index (χ3n) is 5.15. The average molecular weight is 384 g/mol. The minimum Gasteiger partial charge on any atom is -0.354 e. The number of aliphatic hydroxyl groups is 2. The fourth-order valence-corrected chi connectivity index (χ4v) is 3.40. The predicted molar refractivity (Wildman–Crippen MR) is 119 cm³/mol. The van der Waals surface area contributed by atoms with E-state index in [0.29, 0.717) is 6.54 Å². The van der Waals surface area contributed by atoms with Crippen molar-refractivity contribution in [1.29, 1.82) is 0 Å². The Morgan fingerprint density at radius 1 is 0.593 bits per heavy atom. The van der Waals surface area contributed by atoms with Gasteiger partial charge in [0.2, 0.25) is 5.91 Å². The molecular formula is C24H49NO2. The third kappa shape index (κ3) is 25.6. The second kappa shape index (κ2) is 20.4. The Kier molecular flexibility index (Phi) is 20.1. The quantitative estimate of drug-likeness (QED) is 0.116. The molecule has 3 nitrogen and oxygen atoms in total. The van der Waals surface area contributed by atoms with Gasteiger partial charge in [0.05, 0.1) is 0 Å². The lowest BCUT2D eigenvalue weighted by molar-refractivity contribution is -0.169. The van der Waals surface area contributed by atoms with Crippen LogP contribution >= 0.6 is 0 Å². The molecule has 0 aromatic rings. The molecule has 0 rings (SSSR count). The van der Waals surface area contributed by atoms with Crippen LogP contribution in [0.3, 0.4) is 0 Å². The van der Waals surface area contributed by atoms with Crippen LogP contribution < -0.4 is 5.32 Å². The van der Waals surface area contributed by atoms with Crippen molar-refractivity contribution in [2.24, 2.45) is 0 Å². The molecule has 3 N–H and O–H groups in total. The summed E-state index contributed by atoms with van der Waals surface area (Å²) in [5.74, 6) is -1.72.